The van der Waals surface area contributed by atoms with Crippen molar-refractivity contribution < 1.29 is 10.3 Å². The zero-order valence-electron chi connectivity index (χ0n) is 7.28. The Morgan fingerprint density at radius 1 is 1.36 bits per heavy atom. The number of rotatable bonds is 2. The minimum absolute atomic E-state index is 0.328. The maximum Gasteiger partial charge on any atom is 0.0695 e. The minimum atomic E-state index is -0.328. The van der Waals surface area contributed by atoms with Crippen LogP contribution in [0.1, 0.15) is 13.8 Å². The van der Waals surface area contributed by atoms with E-state index in [2.05, 4.69) is 0 Å². The molecule has 3 heteroatoms. The molecule has 1 unspecified atom stereocenters. The van der Waals surface area contributed by atoms with Gasteiger partial charge >= 0.3 is 0 Å². The fraction of sp³-hybridized carbons (Fsp3) is 0.500. The second kappa shape index (κ2) is 12.1. The molecule has 0 aromatic heterocycles. The van der Waals surface area contributed by atoms with Crippen LogP contribution in [0, 0.1) is 0 Å². The topological polar surface area (TPSA) is 52.5 Å². The summed E-state index contributed by atoms with van der Waals surface area (Å²) in [6.07, 6.45) is 7.02. The fourth-order valence-electron chi connectivity index (χ4n) is 0.336. The van der Waals surface area contributed by atoms with E-state index in [0.717, 1.165) is 0 Å². The molecule has 0 heterocycles. The molecule has 3 N–H and O–H groups in total. The van der Waals surface area contributed by atoms with Crippen LogP contribution in [-0.2, 0) is 0 Å². The third kappa shape index (κ3) is 26.7. The van der Waals surface area contributed by atoms with Crippen molar-refractivity contribution in [1.82, 2.24) is 5.48 Å². The van der Waals surface area contributed by atoms with Crippen molar-refractivity contribution in [2.24, 2.45) is 0 Å². The van der Waals surface area contributed by atoms with Gasteiger partial charge in [-0.1, -0.05) is 24.3 Å². The van der Waals surface area contributed by atoms with Crippen LogP contribution in [0.4, 0.5) is 0 Å². The summed E-state index contributed by atoms with van der Waals surface area (Å²) in [5, 5.41) is 16.0. The molecular formula is C8H17NO2. The summed E-state index contributed by atoms with van der Waals surface area (Å²) < 4.78 is 0. The molecule has 0 aromatic rings. The van der Waals surface area contributed by atoms with Crippen molar-refractivity contribution in [3.8, 4) is 0 Å². The molecule has 66 valence electrons. The summed E-state index contributed by atoms with van der Waals surface area (Å²) in [7, 11) is 1.43. The first-order valence-corrected chi connectivity index (χ1v) is 3.47. The number of allylic oxidation sites excluding steroid dienone is 3. The molecule has 3 nitrogen and oxygen atoms in total. The molecule has 0 aliphatic carbocycles. The van der Waals surface area contributed by atoms with Crippen molar-refractivity contribution in [3.63, 3.8) is 0 Å². The third-order valence-corrected chi connectivity index (χ3v) is 0.693. The zero-order valence-corrected chi connectivity index (χ0v) is 7.28. The normalized spacial score (nSPS) is 13.2. The highest BCUT2D eigenvalue weighted by molar-refractivity contribution is 5.02. The quantitative estimate of drug-likeness (QED) is 0.417. The molecule has 0 aromatic carbocycles. The average Bonchev–Trinajstić information content (AvgIpc) is 1.89. The number of hydrogen-bond acceptors (Lipinski definition) is 3. The Kier molecular flexibility index (Phi) is 14.3. The van der Waals surface area contributed by atoms with Crippen LogP contribution in [0.25, 0.3) is 0 Å². The van der Waals surface area contributed by atoms with Crippen LogP contribution in [0.2, 0.25) is 0 Å². The monoisotopic (exact) mass is 159 g/mol. The van der Waals surface area contributed by atoms with Gasteiger partial charge in [0.05, 0.1) is 6.10 Å². The molecule has 0 aliphatic rings. The van der Waals surface area contributed by atoms with Crippen LogP contribution in [-0.4, -0.2) is 23.5 Å². The molecular weight excluding hydrogens is 142 g/mol. The van der Waals surface area contributed by atoms with Gasteiger partial charge in [-0.25, -0.2) is 5.48 Å². The Balaban J connectivity index is 0. The lowest BCUT2D eigenvalue weighted by molar-refractivity contribution is 0.194. The molecule has 11 heavy (non-hydrogen) atoms. The molecule has 0 spiro atoms. The molecule has 0 rings (SSSR count). The smallest absolute Gasteiger partial charge is 0.0695 e. The van der Waals surface area contributed by atoms with Crippen molar-refractivity contribution in [3.05, 3.63) is 24.3 Å². The van der Waals surface area contributed by atoms with E-state index in [1.165, 1.54) is 7.05 Å². The van der Waals surface area contributed by atoms with Crippen molar-refractivity contribution in [1.29, 1.82) is 0 Å². The predicted molar refractivity (Wildman–Crippen MR) is 46.5 cm³/mol. The van der Waals surface area contributed by atoms with E-state index in [0.29, 0.717) is 0 Å². The number of hydrogen-bond donors (Lipinski definition) is 3. The Morgan fingerprint density at radius 2 is 1.82 bits per heavy atom. The molecule has 0 saturated carbocycles. The van der Waals surface area contributed by atoms with E-state index in [9.17, 15) is 0 Å². The number of nitrogens with one attached hydrogen (secondary N) is 1. The van der Waals surface area contributed by atoms with Crippen LogP contribution in [0.3, 0.4) is 0 Å². The molecule has 0 aliphatic heterocycles. The Hall–Kier alpha value is -0.640. The van der Waals surface area contributed by atoms with E-state index in [4.69, 9.17) is 10.3 Å². The third-order valence-electron chi connectivity index (χ3n) is 0.693. The lowest BCUT2D eigenvalue weighted by atomic mass is 10.3. The van der Waals surface area contributed by atoms with Gasteiger partial charge in [-0.2, -0.15) is 0 Å². The second-order valence-electron chi connectivity index (χ2n) is 1.87. The standard InChI is InChI=1S/C7H12O.CH5NO/c1-3-4-5-6-7(2)8;1-2-3/h3-8H,1-2H3;2-3H,1H3/b4-3+,6-5-;. The predicted octanol–water partition coefficient (Wildman–Crippen LogP) is 1.09. The SMILES string of the molecule is C/C=C/C=C\C(C)O.CNO. The summed E-state index contributed by atoms with van der Waals surface area (Å²) in [5.41, 5.74) is 1.75. The van der Waals surface area contributed by atoms with Crippen LogP contribution in [0.5, 0.6) is 0 Å². The van der Waals surface area contributed by atoms with E-state index in [-0.39, 0.29) is 6.10 Å². The van der Waals surface area contributed by atoms with E-state index < -0.39 is 0 Å². The summed E-state index contributed by atoms with van der Waals surface area (Å²) >= 11 is 0. The van der Waals surface area contributed by atoms with E-state index in [1.807, 2.05) is 25.2 Å². The molecule has 0 fully saturated rings. The first-order chi connectivity index (χ1) is 5.18. The molecule has 0 radical (unpaired) electrons. The van der Waals surface area contributed by atoms with Gasteiger partial charge in [0.25, 0.3) is 0 Å². The highest BCUT2D eigenvalue weighted by Gasteiger charge is 1.79. The molecule has 0 saturated heterocycles. The van der Waals surface area contributed by atoms with Crippen LogP contribution >= 0.6 is 0 Å². The van der Waals surface area contributed by atoms with Gasteiger partial charge in [-0.05, 0) is 13.8 Å². The van der Waals surface area contributed by atoms with Crippen LogP contribution in [0.15, 0.2) is 24.3 Å². The molecule has 0 bridgehead atoms. The first-order valence-electron chi connectivity index (χ1n) is 3.47. The van der Waals surface area contributed by atoms with Gasteiger partial charge in [0.15, 0.2) is 0 Å². The second-order valence-corrected chi connectivity index (χ2v) is 1.87. The Bertz CT molecular complexity index is 109. The molecule has 1 atom stereocenters. The lowest BCUT2D eigenvalue weighted by Gasteiger charge is -1.88. The maximum atomic E-state index is 8.66. The first kappa shape index (κ1) is 13.0. The van der Waals surface area contributed by atoms with Crippen molar-refractivity contribution >= 4 is 0 Å². The average molecular weight is 159 g/mol. The maximum absolute atomic E-state index is 8.66. The number of hydroxylamine groups is 1. The summed E-state index contributed by atoms with van der Waals surface area (Å²) in [5.74, 6) is 0. The highest BCUT2D eigenvalue weighted by Crippen LogP contribution is 1.82. The Morgan fingerprint density at radius 3 is 2.09 bits per heavy atom. The van der Waals surface area contributed by atoms with Gasteiger partial charge in [-0.15, -0.1) is 0 Å². The van der Waals surface area contributed by atoms with Crippen molar-refractivity contribution in [2.45, 2.75) is 20.0 Å². The van der Waals surface area contributed by atoms with Gasteiger partial charge in [0.2, 0.25) is 0 Å². The highest BCUT2D eigenvalue weighted by atomic mass is 16.5. The largest absolute Gasteiger partial charge is 0.389 e. The van der Waals surface area contributed by atoms with Gasteiger partial charge in [0.1, 0.15) is 0 Å². The Labute approximate surface area is 68.0 Å². The number of aliphatic hydroxyl groups is 1. The number of aliphatic hydroxyl groups excluding tert-OH is 1. The zero-order chi connectivity index (χ0) is 9.11. The fourth-order valence-corrected chi connectivity index (χ4v) is 0.336. The molecule has 0 amide bonds. The van der Waals surface area contributed by atoms with Crippen LogP contribution < -0.4 is 5.48 Å². The van der Waals surface area contributed by atoms with E-state index >= 15 is 0 Å². The van der Waals surface area contributed by atoms with Gasteiger partial charge in [-0.3, -0.25) is 0 Å². The lowest BCUT2D eigenvalue weighted by Crippen LogP contribution is -1.91. The van der Waals surface area contributed by atoms with Crippen molar-refractivity contribution in [2.75, 3.05) is 7.05 Å². The summed E-state index contributed by atoms with van der Waals surface area (Å²) in [6, 6.07) is 0. The summed E-state index contributed by atoms with van der Waals surface area (Å²) in [4.78, 5) is 0. The summed E-state index contributed by atoms with van der Waals surface area (Å²) in [6.45, 7) is 3.66. The van der Waals surface area contributed by atoms with Gasteiger partial charge in [0, 0.05) is 7.05 Å². The van der Waals surface area contributed by atoms with Gasteiger partial charge < -0.3 is 10.3 Å². The van der Waals surface area contributed by atoms with E-state index in [1.54, 1.807) is 18.5 Å². The minimum Gasteiger partial charge on any atom is -0.389 e.